The minimum Gasteiger partial charge on any atom is -0.338 e. The molecule has 0 aromatic heterocycles. The molecule has 1 heterocycles. The predicted octanol–water partition coefficient (Wildman–Crippen LogP) is 4.37. The van der Waals surface area contributed by atoms with Crippen molar-refractivity contribution in [1.29, 1.82) is 0 Å². The molecule has 0 bridgehead atoms. The number of rotatable bonds is 5. The Morgan fingerprint density at radius 1 is 1.14 bits per heavy atom. The van der Waals surface area contributed by atoms with Crippen LogP contribution in [-0.2, 0) is 10.0 Å². The number of hydrogen-bond acceptors (Lipinski definition) is 3. The molecule has 0 spiro atoms. The zero-order valence-electron chi connectivity index (χ0n) is 16.7. The van der Waals surface area contributed by atoms with Crippen LogP contribution in [0.3, 0.4) is 0 Å². The number of para-hydroxylation sites is 1. The van der Waals surface area contributed by atoms with Crippen LogP contribution >= 0.6 is 0 Å². The van der Waals surface area contributed by atoms with Crippen LogP contribution in [0.15, 0.2) is 47.4 Å². The summed E-state index contributed by atoms with van der Waals surface area (Å²) in [6, 6.07) is 12.0. The maximum absolute atomic E-state index is 13.1. The van der Waals surface area contributed by atoms with Gasteiger partial charge >= 0.3 is 0 Å². The van der Waals surface area contributed by atoms with Crippen molar-refractivity contribution in [3.63, 3.8) is 0 Å². The van der Waals surface area contributed by atoms with Crippen LogP contribution in [0.4, 0.5) is 5.69 Å². The van der Waals surface area contributed by atoms with Crippen molar-refractivity contribution in [1.82, 2.24) is 4.90 Å². The number of carbonyl (C=O) groups excluding carboxylic acids is 1. The monoisotopic (exact) mass is 400 g/mol. The number of amides is 1. The molecule has 1 fully saturated rings. The van der Waals surface area contributed by atoms with Gasteiger partial charge < -0.3 is 4.90 Å². The molecule has 2 aromatic carbocycles. The quantitative estimate of drug-likeness (QED) is 0.811. The Kier molecular flexibility index (Phi) is 6.08. The van der Waals surface area contributed by atoms with Gasteiger partial charge in [-0.25, -0.2) is 8.42 Å². The first kappa shape index (κ1) is 20.4. The number of likely N-dealkylation sites (tertiary alicyclic amines) is 1. The minimum atomic E-state index is -3.78. The fourth-order valence-corrected chi connectivity index (χ4v) is 4.80. The van der Waals surface area contributed by atoms with E-state index in [1.54, 1.807) is 24.3 Å². The highest BCUT2D eigenvalue weighted by molar-refractivity contribution is 7.92. The average Bonchev–Trinajstić information content (AvgIpc) is 2.69. The third kappa shape index (κ3) is 4.38. The van der Waals surface area contributed by atoms with E-state index < -0.39 is 10.0 Å². The van der Waals surface area contributed by atoms with Gasteiger partial charge in [0.05, 0.1) is 10.6 Å². The zero-order valence-corrected chi connectivity index (χ0v) is 17.6. The number of aryl methyl sites for hydroxylation is 2. The third-order valence-corrected chi connectivity index (χ3v) is 6.89. The van der Waals surface area contributed by atoms with Crippen molar-refractivity contribution < 1.29 is 13.2 Å². The summed E-state index contributed by atoms with van der Waals surface area (Å²) in [4.78, 5) is 15.1. The molecule has 5 nitrogen and oxygen atoms in total. The van der Waals surface area contributed by atoms with E-state index in [1.807, 2.05) is 30.9 Å². The van der Waals surface area contributed by atoms with E-state index in [2.05, 4.69) is 11.6 Å². The topological polar surface area (TPSA) is 66.5 Å². The molecule has 0 aliphatic carbocycles. The van der Waals surface area contributed by atoms with E-state index in [1.165, 1.54) is 6.07 Å². The molecule has 1 aliphatic heterocycles. The van der Waals surface area contributed by atoms with Crippen molar-refractivity contribution >= 4 is 21.6 Å². The van der Waals surface area contributed by atoms with E-state index in [4.69, 9.17) is 0 Å². The van der Waals surface area contributed by atoms with Crippen LogP contribution in [-0.4, -0.2) is 32.3 Å². The van der Waals surface area contributed by atoms with E-state index in [9.17, 15) is 13.2 Å². The van der Waals surface area contributed by atoms with Crippen LogP contribution in [0.25, 0.3) is 0 Å². The highest BCUT2D eigenvalue weighted by Crippen LogP contribution is 2.25. The molecule has 6 heteroatoms. The molecule has 150 valence electrons. The van der Waals surface area contributed by atoms with Gasteiger partial charge in [-0.3, -0.25) is 9.52 Å². The van der Waals surface area contributed by atoms with Gasteiger partial charge in [-0.05, 0) is 61.9 Å². The van der Waals surface area contributed by atoms with Gasteiger partial charge in [0, 0.05) is 18.7 Å². The third-order valence-electron chi connectivity index (χ3n) is 5.52. The maximum Gasteiger partial charge on any atom is 0.261 e. The lowest BCUT2D eigenvalue weighted by atomic mass is 9.95. The second-order valence-electron chi connectivity index (χ2n) is 7.56. The lowest BCUT2D eigenvalue weighted by molar-refractivity contribution is 0.0670. The van der Waals surface area contributed by atoms with Crippen LogP contribution < -0.4 is 4.72 Å². The summed E-state index contributed by atoms with van der Waals surface area (Å²) in [6.07, 6.45) is 3.20. The molecule has 2 aromatic rings. The molecule has 3 rings (SSSR count). The summed E-state index contributed by atoms with van der Waals surface area (Å²) in [5.74, 6) is 0.441. The fourth-order valence-electron chi connectivity index (χ4n) is 3.64. The number of carbonyl (C=O) groups is 1. The van der Waals surface area contributed by atoms with E-state index in [0.717, 1.165) is 43.5 Å². The summed E-state index contributed by atoms with van der Waals surface area (Å²) in [5.41, 5.74) is 2.63. The summed E-state index contributed by atoms with van der Waals surface area (Å²) in [6.45, 7) is 7.32. The second-order valence-corrected chi connectivity index (χ2v) is 9.25. The van der Waals surface area contributed by atoms with Gasteiger partial charge in [0.15, 0.2) is 0 Å². The number of hydrogen-bond donors (Lipinski definition) is 1. The number of anilines is 1. The summed E-state index contributed by atoms with van der Waals surface area (Å²) in [5, 5.41) is 0. The van der Waals surface area contributed by atoms with Gasteiger partial charge in [-0.2, -0.15) is 0 Å². The van der Waals surface area contributed by atoms with Crippen LogP contribution in [0, 0.1) is 19.8 Å². The lowest BCUT2D eigenvalue weighted by Gasteiger charge is -2.32. The average molecular weight is 401 g/mol. The minimum absolute atomic E-state index is 0.0800. The Morgan fingerprint density at radius 2 is 1.89 bits per heavy atom. The smallest absolute Gasteiger partial charge is 0.261 e. The van der Waals surface area contributed by atoms with E-state index >= 15 is 0 Å². The maximum atomic E-state index is 13.1. The fraction of sp³-hybridized carbons (Fsp3) is 0.409. The molecule has 1 saturated heterocycles. The van der Waals surface area contributed by atoms with Crippen LogP contribution in [0.1, 0.15) is 47.7 Å². The van der Waals surface area contributed by atoms with Crippen LogP contribution in [0.5, 0.6) is 0 Å². The first-order valence-electron chi connectivity index (χ1n) is 9.80. The van der Waals surface area contributed by atoms with Gasteiger partial charge in [-0.1, -0.05) is 37.6 Å². The molecule has 0 saturated carbocycles. The summed E-state index contributed by atoms with van der Waals surface area (Å²) < 4.78 is 28.4. The second kappa shape index (κ2) is 8.35. The van der Waals surface area contributed by atoms with Gasteiger partial charge in [0.2, 0.25) is 0 Å². The highest BCUT2D eigenvalue weighted by atomic mass is 32.2. The van der Waals surface area contributed by atoms with Gasteiger partial charge in [0.1, 0.15) is 0 Å². The van der Waals surface area contributed by atoms with E-state index in [-0.39, 0.29) is 10.8 Å². The molecule has 1 amide bonds. The van der Waals surface area contributed by atoms with Gasteiger partial charge in [0.25, 0.3) is 15.9 Å². The van der Waals surface area contributed by atoms with Crippen molar-refractivity contribution in [2.75, 3.05) is 17.8 Å². The predicted molar refractivity (Wildman–Crippen MR) is 112 cm³/mol. The molecule has 1 N–H and O–H groups in total. The summed E-state index contributed by atoms with van der Waals surface area (Å²) in [7, 11) is -3.78. The first-order valence-corrected chi connectivity index (χ1v) is 11.3. The standard InChI is InChI=1S/C22H28N2O3S/c1-4-18-9-7-13-24(15-18)22(25)20-14-19(12-11-16(20)2)28(26,27)23-21-10-6-5-8-17(21)3/h5-6,8,10-12,14,18,23H,4,7,9,13,15H2,1-3H3. The SMILES string of the molecule is CCC1CCCN(C(=O)c2cc(S(=O)(=O)Nc3ccccc3C)ccc2C)C1. The van der Waals surface area contributed by atoms with Crippen LogP contribution in [0.2, 0.25) is 0 Å². The molecule has 1 unspecified atom stereocenters. The van der Waals surface area contributed by atoms with E-state index in [0.29, 0.717) is 17.2 Å². The highest BCUT2D eigenvalue weighted by Gasteiger charge is 2.26. The normalized spacial score (nSPS) is 17.4. The van der Waals surface area contributed by atoms with Crippen molar-refractivity contribution in [3.05, 3.63) is 59.2 Å². The Balaban J connectivity index is 1.88. The molecule has 1 aliphatic rings. The Bertz CT molecular complexity index is 969. The Hall–Kier alpha value is -2.34. The van der Waals surface area contributed by atoms with Crippen molar-refractivity contribution in [2.45, 2.75) is 44.9 Å². The number of piperidine rings is 1. The molecule has 1 atom stereocenters. The zero-order chi connectivity index (χ0) is 20.3. The molecular formula is C22H28N2O3S. The Morgan fingerprint density at radius 3 is 2.61 bits per heavy atom. The number of sulfonamides is 1. The van der Waals surface area contributed by atoms with Crippen molar-refractivity contribution in [2.24, 2.45) is 5.92 Å². The Labute approximate surface area is 167 Å². The van der Waals surface area contributed by atoms with Gasteiger partial charge in [-0.15, -0.1) is 0 Å². The van der Waals surface area contributed by atoms with Crippen molar-refractivity contribution in [3.8, 4) is 0 Å². The number of benzene rings is 2. The largest absolute Gasteiger partial charge is 0.338 e. The molecule has 0 radical (unpaired) electrons. The molecular weight excluding hydrogens is 372 g/mol. The number of nitrogens with one attached hydrogen (secondary N) is 1. The summed E-state index contributed by atoms with van der Waals surface area (Å²) >= 11 is 0. The first-order chi connectivity index (χ1) is 13.3. The lowest BCUT2D eigenvalue weighted by Crippen LogP contribution is -2.40. The molecule has 28 heavy (non-hydrogen) atoms. The number of nitrogens with zero attached hydrogens (tertiary/aromatic N) is 1.